The van der Waals surface area contributed by atoms with Gasteiger partial charge in [0.15, 0.2) is 5.76 Å². The van der Waals surface area contributed by atoms with Gasteiger partial charge in [0.05, 0.1) is 12.8 Å². The van der Waals surface area contributed by atoms with Crippen molar-refractivity contribution in [2.24, 2.45) is 0 Å². The zero-order valence-corrected chi connectivity index (χ0v) is 13.1. The summed E-state index contributed by atoms with van der Waals surface area (Å²) in [6, 6.07) is 11.7. The van der Waals surface area contributed by atoms with Crippen LogP contribution in [0.4, 0.5) is 0 Å². The maximum atomic E-state index is 5.60. The summed E-state index contributed by atoms with van der Waals surface area (Å²) in [6.07, 6.45) is 1.58. The Morgan fingerprint density at radius 1 is 1.10 bits per heavy atom. The molecule has 0 fully saturated rings. The van der Waals surface area contributed by atoms with Crippen LogP contribution in [0.2, 0.25) is 0 Å². The van der Waals surface area contributed by atoms with Gasteiger partial charge >= 0.3 is 0 Å². The van der Waals surface area contributed by atoms with Gasteiger partial charge in [0, 0.05) is 11.0 Å². The first-order valence-corrected chi connectivity index (χ1v) is 7.30. The van der Waals surface area contributed by atoms with E-state index in [1.165, 1.54) is 5.56 Å². The zero-order valence-electron chi connectivity index (χ0n) is 11.5. The predicted molar refractivity (Wildman–Crippen MR) is 81.3 cm³/mol. The van der Waals surface area contributed by atoms with E-state index in [9.17, 15) is 0 Å². The van der Waals surface area contributed by atoms with Gasteiger partial charge in [-0.3, -0.25) is 4.90 Å². The lowest BCUT2D eigenvalue weighted by Crippen LogP contribution is -2.17. The molecule has 0 aliphatic rings. The van der Waals surface area contributed by atoms with Crippen LogP contribution in [0.1, 0.15) is 11.5 Å². The summed E-state index contributed by atoms with van der Waals surface area (Å²) >= 11 is 3.55. The fourth-order valence-corrected chi connectivity index (χ4v) is 2.43. The number of hydrogen-bond donors (Lipinski definition) is 0. The molecule has 6 heteroatoms. The highest BCUT2D eigenvalue weighted by Crippen LogP contribution is 2.20. The smallest absolute Gasteiger partial charge is 0.283 e. The highest BCUT2D eigenvalue weighted by atomic mass is 79.9. The fourth-order valence-electron chi connectivity index (χ4n) is 2.02. The van der Waals surface area contributed by atoms with E-state index >= 15 is 0 Å². The van der Waals surface area contributed by atoms with Crippen molar-refractivity contribution in [2.75, 3.05) is 7.05 Å². The average molecular weight is 348 g/mol. The Morgan fingerprint density at radius 2 is 1.95 bits per heavy atom. The van der Waals surface area contributed by atoms with E-state index in [0.29, 0.717) is 24.1 Å². The van der Waals surface area contributed by atoms with E-state index in [0.717, 1.165) is 11.0 Å². The quantitative estimate of drug-likeness (QED) is 0.703. The van der Waals surface area contributed by atoms with Crippen molar-refractivity contribution in [1.82, 2.24) is 15.1 Å². The molecule has 0 aliphatic heterocycles. The lowest BCUT2D eigenvalue weighted by molar-refractivity contribution is 0.281. The molecule has 0 aliphatic carbocycles. The number of halogens is 1. The third kappa shape index (κ3) is 3.40. The molecule has 0 bridgehead atoms. The minimum Gasteiger partial charge on any atom is -0.459 e. The summed E-state index contributed by atoms with van der Waals surface area (Å²) in [4.78, 5) is 2.11. The van der Waals surface area contributed by atoms with Crippen molar-refractivity contribution >= 4 is 15.9 Å². The van der Waals surface area contributed by atoms with Crippen LogP contribution in [0.3, 0.4) is 0 Å². The van der Waals surface area contributed by atoms with Crippen molar-refractivity contribution in [2.45, 2.75) is 13.1 Å². The van der Waals surface area contributed by atoms with E-state index in [1.807, 2.05) is 25.2 Å². The Kier molecular flexibility index (Phi) is 4.17. The third-order valence-electron chi connectivity index (χ3n) is 3.00. The molecule has 3 rings (SSSR count). The molecule has 5 nitrogen and oxygen atoms in total. The molecule has 21 heavy (non-hydrogen) atoms. The average Bonchev–Trinajstić information content (AvgIpc) is 3.12. The SMILES string of the molecule is CN(Cc1nnc(-c2ccco2)o1)Cc1ccccc1Br. The van der Waals surface area contributed by atoms with Crippen molar-refractivity contribution in [3.8, 4) is 11.7 Å². The fraction of sp³-hybridized carbons (Fsp3) is 0.200. The second kappa shape index (κ2) is 6.24. The van der Waals surface area contributed by atoms with Crippen LogP contribution in [0.5, 0.6) is 0 Å². The zero-order chi connectivity index (χ0) is 14.7. The molecule has 108 valence electrons. The first-order valence-electron chi connectivity index (χ1n) is 6.50. The van der Waals surface area contributed by atoms with Gasteiger partial charge in [-0.15, -0.1) is 10.2 Å². The van der Waals surface area contributed by atoms with Crippen LogP contribution < -0.4 is 0 Å². The van der Waals surface area contributed by atoms with E-state index in [-0.39, 0.29) is 0 Å². The normalized spacial score (nSPS) is 11.2. The van der Waals surface area contributed by atoms with Gasteiger partial charge in [-0.25, -0.2) is 0 Å². The van der Waals surface area contributed by atoms with Gasteiger partial charge in [0.1, 0.15) is 0 Å². The molecule has 0 N–H and O–H groups in total. The van der Waals surface area contributed by atoms with Gasteiger partial charge in [-0.2, -0.15) is 0 Å². The van der Waals surface area contributed by atoms with E-state index in [4.69, 9.17) is 8.83 Å². The second-order valence-corrected chi connectivity index (χ2v) is 5.60. The maximum Gasteiger partial charge on any atom is 0.283 e. The molecular formula is C15H14BrN3O2. The standard InChI is InChI=1S/C15H14BrN3O2/c1-19(9-11-5-2-3-6-12(11)16)10-14-17-18-15(21-14)13-7-4-8-20-13/h2-8H,9-10H2,1H3. The van der Waals surface area contributed by atoms with Gasteiger partial charge < -0.3 is 8.83 Å². The summed E-state index contributed by atoms with van der Waals surface area (Å²) in [5, 5.41) is 8.04. The van der Waals surface area contributed by atoms with Crippen molar-refractivity contribution < 1.29 is 8.83 Å². The Hall–Kier alpha value is -1.92. The third-order valence-corrected chi connectivity index (χ3v) is 3.78. The molecule has 3 aromatic rings. The summed E-state index contributed by atoms with van der Waals surface area (Å²) in [7, 11) is 2.01. The molecule has 2 heterocycles. The minimum atomic E-state index is 0.407. The van der Waals surface area contributed by atoms with Gasteiger partial charge in [-0.05, 0) is 30.8 Å². The molecule has 0 saturated heterocycles. The number of hydrogen-bond acceptors (Lipinski definition) is 5. The van der Waals surface area contributed by atoms with Gasteiger partial charge in [-0.1, -0.05) is 34.1 Å². The van der Waals surface area contributed by atoms with E-state index in [2.05, 4.69) is 37.1 Å². The molecular weight excluding hydrogens is 334 g/mol. The monoisotopic (exact) mass is 347 g/mol. The minimum absolute atomic E-state index is 0.407. The van der Waals surface area contributed by atoms with Crippen molar-refractivity contribution in [3.05, 3.63) is 58.6 Å². The predicted octanol–water partition coefficient (Wildman–Crippen LogP) is 3.72. The molecule has 0 saturated carbocycles. The highest BCUT2D eigenvalue weighted by molar-refractivity contribution is 9.10. The summed E-state index contributed by atoms with van der Waals surface area (Å²) in [5.41, 5.74) is 1.21. The van der Waals surface area contributed by atoms with Gasteiger partial charge in [0.25, 0.3) is 5.89 Å². The van der Waals surface area contributed by atoms with Crippen LogP contribution in [0.25, 0.3) is 11.7 Å². The lowest BCUT2D eigenvalue weighted by Gasteiger charge is -2.15. The molecule has 2 aromatic heterocycles. The summed E-state index contributed by atoms with van der Waals surface area (Å²) in [6.45, 7) is 1.37. The van der Waals surface area contributed by atoms with Crippen molar-refractivity contribution in [1.29, 1.82) is 0 Å². The van der Waals surface area contributed by atoms with Crippen LogP contribution in [-0.2, 0) is 13.1 Å². The Labute approximate surface area is 130 Å². The number of benzene rings is 1. The first-order chi connectivity index (χ1) is 10.2. The number of rotatable bonds is 5. The summed E-state index contributed by atoms with van der Waals surface area (Å²) < 4.78 is 11.9. The number of nitrogens with zero attached hydrogens (tertiary/aromatic N) is 3. The van der Waals surface area contributed by atoms with E-state index in [1.54, 1.807) is 18.4 Å². The number of aromatic nitrogens is 2. The van der Waals surface area contributed by atoms with Crippen LogP contribution in [0, 0.1) is 0 Å². The molecule has 0 amide bonds. The van der Waals surface area contributed by atoms with Gasteiger partial charge in [0.2, 0.25) is 5.89 Å². The molecule has 0 atom stereocenters. The van der Waals surface area contributed by atoms with Crippen LogP contribution in [-0.4, -0.2) is 22.1 Å². The molecule has 0 unspecified atom stereocenters. The largest absolute Gasteiger partial charge is 0.459 e. The molecule has 0 spiro atoms. The van der Waals surface area contributed by atoms with Crippen LogP contribution >= 0.6 is 15.9 Å². The Balaban J connectivity index is 1.65. The Bertz CT molecular complexity index is 709. The topological polar surface area (TPSA) is 55.3 Å². The van der Waals surface area contributed by atoms with Crippen LogP contribution in [0.15, 0.2) is 56.0 Å². The maximum absolute atomic E-state index is 5.60. The molecule has 1 aromatic carbocycles. The van der Waals surface area contributed by atoms with E-state index < -0.39 is 0 Å². The summed E-state index contributed by atoms with van der Waals surface area (Å²) in [5.74, 6) is 1.56. The molecule has 0 radical (unpaired) electrons. The number of furan rings is 1. The van der Waals surface area contributed by atoms with Crippen molar-refractivity contribution in [3.63, 3.8) is 0 Å². The first kappa shape index (κ1) is 14.0. The Morgan fingerprint density at radius 3 is 2.71 bits per heavy atom. The lowest BCUT2D eigenvalue weighted by atomic mass is 10.2. The second-order valence-electron chi connectivity index (χ2n) is 4.74. The highest BCUT2D eigenvalue weighted by Gasteiger charge is 2.13.